The second-order valence-electron chi connectivity index (χ2n) is 5.82. The minimum atomic E-state index is -0.0427. The predicted octanol–water partition coefficient (Wildman–Crippen LogP) is 2.52. The highest BCUT2D eigenvalue weighted by Crippen LogP contribution is 2.27. The lowest BCUT2D eigenvalue weighted by Crippen LogP contribution is -2.43. The van der Waals surface area contributed by atoms with Crippen LogP contribution in [0.2, 0.25) is 0 Å². The number of carbonyl (C=O) groups is 1. The monoisotopic (exact) mass is 267 g/mol. The van der Waals surface area contributed by atoms with Crippen LogP contribution in [0.3, 0.4) is 0 Å². The third-order valence-electron chi connectivity index (χ3n) is 3.15. The van der Waals surface area contributed by atoms with Crippen LogP contribution in [0.5, 0.6) is 0 Å². The molecule has 5 heteroatoms. The molecule has 2 heterocycles. The van der Waals surface area contributed by atoms with Gasteiger partial charge >= 0.3 is 0 Å². The van der Waals surface area contributed by atoms with E-state index in [-0.39, 0.29) is 17.4 Å². The number of amides is 1. The maximum atomic E-state index is 12.0. The molecule has 0 aromatic carbocycles. The molecule has 1 aliphatic rings. The van der Waals surface area contributed by atoms with Crippen molar-refractivity contribution >= 4 is 22.4 Å². The molecule has 1 saturated heterocycles. The van der Waals surface area contributed by atoms with Crippen LogP contribution in [0.1, 0.15) is 45.7 Å². The van der Waals surface area contributed by atoms with Crippen molar-refractivity contribution in [1.29, 1.82) is 0 Å². The molecule has 1 aliphatic heterocycles. The Labute approximate surface area is 112 Å². The van der Waals surface area contributed by atoms with Gasteiger partial charge in [0.1, 0.15) is 5.00 Å². The first-order chi connectivity index (χ1) is 8.47. The lowest BCUT2D eigenvalue weighted by atomic mass is 9.92. The maximum absolute atomic E-state index is 12.0. The van der Waals surface area contributed by atoms with Gasteiger partial charge in [-0.2, -0.15) is 4.37 Å². The summed E-state index contributed by atoms with van der Waals surface area (Å²) in [4.78, 5) is 12.0. The molecule has 0 saturated carbocycles. The van der Waals surface area contributed by atoms with Gasteiger partial charge in [0.05, 0.1) is 11.7 Å². The summed E-state index contributed by atoms with van der Waals surface area (Å²) >= 11 is 1.36. The molecule has 1 fully saturated rings. The first kappa shape index (κ1) is 13.5. The van der Waals surface area contributed by atoms with Crippen LogP contribution in [0.25, 0.3) is 0 Å². The molecule has 2 rings (SSSR count). The molecule has 4 nitrogen and oxygen atoms in total. The molecule has 1 atom stereocenters. The van der Waals surface area contributed by atoms with Crippen molar-refractivity contribution < 1.29 is 4.79 Å². The Morgan fingerprint density at radius 3 is 2.83 bits per heavy atom. The summed E-state index contributed by atoms with van der Waals surface area (Å²) < 4.78 is 4.39. The van der Waals surface area contributed by atoms with Crippen LogP contribution in [0.15, 0.2) is 6.07 Å². The molecule has 1 unspecified atom stereocenters. The van der Waals surface area contributed by atoms with Gasteiger partial charge in [-0.15, -0.1) is 0 Å². The smallest absolute Gasteiger partial charge is 0.242 e. The van der Waals surface area contributed by atoms with E-state index in [1.54, 1.807) is 0 Å². The highest BCUT2D eigenvalue weighted by Gasteiger charge is 2.22. The standard InChI is InChI=1S/C13H21N3OS/c1-13(2,3)10-8-11(18-16-10)15-12(17)9-6-4-5-7-14-9/h8-9,14H,4-7H2,1-3H3,(H,15,17). The van der Waals surface area contributed by atoms with E-state index in [0.29, 0.717) is 0 Å². The van der Waals surface area contributed by atoms with Gasteiger partial charge in [0.25, 0.3) is 0 Å². The highest BCUT2D eigenvalue weighted by atomic mass is 32.1. The molecule has 0 bridgehead atoms. The number of nitrogens with one attached hydrogen (secondary N) is 2. The van der Waals surface area contributed by atoms with E-state index in [1.165, 1.54) is 18.0 Å². The number of aromatic nitrogens is 1. The topological polar surface area (TPSA) is 54.0 Å². The minimum Gasteiger partial charge on any atom is -0.315 e. The van der Waals surface area contributed by atoms with E-state index in [0.717, 1.165) is 30.1 Å². The molecule has 0 spiro atoms. The van der Waals surface area contributed by atoms with Gasteiger partial charge in [-0.05, 0) is 37.0 Å². The Morgan fingerprint density at radius 1 is 1.50 bits per heavy atom. The van der Waals surface area contributed by atoms with Gasteiger partial charge < -0.3 is 10.6 Å². The van der Waals surface area contributed by atoms with Gasteiger partial charge in [0.15, 0.2) is 0 Å². The zero-order valence-corrected chi connectivity index (χ0v) is 12.1. The highest BCUT2D eigenvalue weighted by molar-refractivity contribution is 7.10. The number of hydrogen-bond donors (Lipinski definition) is 2. The van der Waals surface area contributed by atoms with Crippen molar-refractivity contribution in [1.82, 2.24) is 9.69 Å². The molecule has 2 N–H and O–H groups in total. The van der Waals surface area contributed by atoms with Crippen molar-refractivity contribution in [3.8, 4) is 0 Å². The number of anilines is 1. The summed E-state index contributed by atoms with van der Waals surface area (Å²) in [5.41, 5.74) is 1.06. The zero-order chi connectivity index (χ0) is 13.2. The Morgan fingerprint density at radius 2 is 2.28 bits per heavy atom. The lowest BCUT2D eigenvalue weighted by molar-refractivity contribution is -0.118. The summed E-state index contributed by atoms with van der Waals surface area (Å²) in [6.45, 7) is 7.30. The van der Waals surface area contributed by atoms with Gasteiger partial charge in [-0.25, -0.2) is 0 Å². The predicted molar refractivity (Wildman–Crippen MR) is 75.1 cm³/mol. The molecule has 0 radical (unpaired) electrons. The van der Waals surface area contributed by atoms with Crippen LogP contribution >= 0.6 is 11.5 Å². The summed E-state index contributed by atoms with van der Waals surface area (Å²) in [5, 5.41) is 7.05. The van der Waals surface area contributed by atoms with Crippen LogP contribution in [-0.4, -0.2) is 22.9 Å². The molecule has 1 amide bonds. The molecule has 100 valence electrons. The lowest BCUT2D eigenvalue weighted by Gasteiger charge is -2.22. The quantitative estimate of drug-likeness (QED) is 0.865. The van der Waals surface area contributed by atoms with Crippen LogP contribution < -0.4 is 10.6 Å². The summed E-state index contributed by atoms with van der Waals surface area (Å²) in [6.07, 6.45) is 3.22. The Hall–Kier alpha value is -0.940. The third kappa shape index (κ3) is 3.29. The molecule has 18 heavy (non-hydrogen) atoms. The maximum Gasteiger partial charge on any atom is 0.242 e. The van der Waals surface area contributed by atoms with Crippen molar-refractivity contribution in [2.45, 2.75) is 51.5 Å². The average Bonchev–Trinajstić information content (AvgIpc) is 2.78. The largest absolute Gasteiger partial charge is 0.315 e. The normalized spacial score (nSPS) is 20.7. The van der Waals surface area contributed by atoms with Gasteiger partial charge in [0, 0.05) is 5.41 Å². The fourth-order valence-corrected chi connectivity index (χ4v) is 2.81. The van der Waals surface area contributed by atoms with Crippen molar-refractivity contribution in [3.63, 3.8) is 0 Å². The van der Waals surface area contributed by atoms with Gasteiger partial charge in [-0.1, -0.05) is 27.2 Å². The average molecular weight is 267 g/mol. The zero-order valence-electron chi connectivity index (χ0n) is 11.2. The summed E-state index contributed by atoms with van der Waals surface area (Å²) in [5.74, 6) is 0.0683. The Balaban J connectivity index is 1.96. The van der Waals surface area contributed by atoms with E-state index in [2.05, 4.69) is 35.8 Å². The van der Waals surface area contributed by atoms with Crippen molar-refractivity contribution in [3.05, 3.63) is 11.8 Å². The second kappa shape index (κ2) is 5.36. The van der Waals surface area contributed by atoms with E-state index in [4.69, 9.17) is 0 Å². The number of nitrogens with zero attached hydrogens (tertiary/aromatic N) is 1. The fraction of sp³-hybridized carbons (Fsp3) is 0.692. The summed E-state index contributed by atoms with van der Waals surface area (Å²) in [7, 11) is 0. The van der Waals surface area contributed by atoms with Crippen LogP contribution in [0, 0.1) is 0 Å². The molecule has 1 aromatic rings. The molecule has 1 aromatic heterocycles. The fourth-order valence-electron chi connectivity index (χ4n) is 1.97. The molecular formula is C13H21N3OS. The Bertz CT molecular complexity index is 416. The van der Waals surface area contributed by atoms with Gasteiger partial charge in [-0.3, -0.25) is 4.79 Å². The Kier molecular flexibility index (Phi) is 4.02. The number of hydrogen-bond acceptors (Lipinski definition) is 4. The van der Waals surface area contributed by atoms with E-state index < -0.39 is 0 Å². The number of carbonyl (C=O) groups excluding carboxylic acids is 1. The SMILES string of the molecule is CC(C)(C)c1cc(NC(=O)C2CCCCN2)sn1. The summed E-state index contributed by atoms with van der Waals surface area (Å²) in [6, 6.07) is 1.93. The van der Waals surface area contributed by atoms with E-state index in [9.17, 15) is 4.79 Å². The first-order valence-electron chi connectivity index (χ1n) is 6.48. The molecular weight excluding hydrogens is 246 g/mol. The second-order valence-corrected chi connectivity index (χ2v) is 6.62. The number of rotatable bonds is 2. The molecule has 0 aliphatic carbocycles. The van der Waals surface area contributed by atoms with Gasteiger partial charge in [0.2, 0.25) is 5.91 Å². The number of piperidine rings is 1. The van der Waals surface area contributed by atoms with Crippen molar-refractivity contribution in [2.24, 2.45) is 0 Å². The van der Waals surface area contributed by atoms with Crippen molar-refractivity contribution in [2.75, 3.05) is 11.9 Å². The van der Waals surface area contributed by atoms with E-state index >= 15 is 0 Å². The van der Waals surface area contributed by atoms with Crippen LogP contribution in [-0.2, 0) is 10.2 Å². The minimum absolute atomic E-state index is 0.0303. The third-order valence-corrected chi connectivity index (χ3v) is 3.86. The van der Waals surface area contributed by atoms with Crippen LogP contribution in [0.4, 0.5) is 5.00 Å². The van der Waals surface area contributed by atoms with E-state index in [1.807, 2.05) is 6.07 Å². The first-order valence-corrected chi connectivity index (χ1v) is 7.25.